The summed E-state index contributed by atoms with van der Waals surface area (Å²) in [7, 11) is 1.75. The molecule has 8 heteroatoms. The van der Waals surface area contributed by atoms with Crippen LogP contribution in [0.2, 0.25) is 0 Å². The molecule has 38 heavy (non-hydrogen) atoms. The monoisotopic (exact) mass is 551 g/mol. The van der Waals surface area contributed by atoms with Gasteiger partial charge in [0, 0.05) is 37.7 Å². The maximum atomic E-state index is 13.1. The first kappa shape index (κ1) is 32.5. The molecule has 0 bridgehead atoms. The topological polar surface area (TPSA) is 82.1 Å². The van der Waals surface area contributed by atoms with E-state index in [0.717, 1.165) is 37.0 Å². The van der Waals surface area contributed by atoms with E-state index in [1.165, 1.54) is 0 Å². The van der Waals surface area contributed by atoms with Crippen LogP contribution in [-0.2, 0) is 14.3 Å². The van der Waals surface area contributed by atoms with Gasteiger partial charge in [-0.1, -0.05) is 49.8 Å². The highest BCUT2D eigenvalue weighted by Gasteiger charge is 2.40. The quantitative estimate of drug-likeness (QED) is 0.259. The average Bonchev–Trinajstić information content (AvgIpc) is 2.89. The molecule has 216 valence electrons. The fourth-order valence-corrected chi connectivity index (χ4v) is 5.95. The van der Waals surface area contributed by atoms with Crippen molar-refractivity contribution in [1.82, 2.24) is 15.1 Å². The molecule has 0 spiro atoms. The maximum absolute atomic E-state index is 13.1. The number of piperazine rings is 1. The van der Waals surface area contributed by atoms with Crippen LogP contribution >= 0.6 is 11.6 Å². The number of nitrogens with one attached hydrogen (secondary N) is 1. The predicted molar refractivity (Wildman–Crippen MR) is 155 cm³/mol. The van der Waals surface area contributed by atoms with Gasteiger partial charge < -0.3 is 20.1 Å². The largest absolute Gasteiger partial charge is 0.393 e. The lowest BCUT2D eigenvalue weighted by atomic mass is 9.77. The highest BCUT2D eigenvalue weighted by molar-refractivity contribution is 6.32. The van der Waals surface area contributed by atoms with Gasteiger partial charge in [-0.05, 0) is 72.6 Å². The zero-order valence-electron chi connectivity index (χ0n) is 24.6. The molecule has 1 saturated carbocycles. The zero-order chi connectivity index (χ0) is 28.7. The van der Waals surface area contributed by atoms with Crippen molar-refractivity contribution in [2.75, 3.05) is 26.7 Å². The van der Waals surface area contributed by atoms with E-state index in [9.17, 15) is 14.7 Å². The fraction of sp³-hybridized carbons (Fsp3) is 0.733. The average molecular weight is 552 g/mol. The molecule has 0 aromatic heterocycles. The summed E-state index contributed by atoms with van der Waals surface area (Å²) in [5.74, 6) is -0.307. The van der Waals surface area contributed by atoms with Crippen molar-refractivity contribution in [2.45, 2.75) is 110 Å². The first-order valence-corrected chi connectivity index (χ1v) is 14.5. The van der Waals surface area contributed by atoms with Gasteiger partial charge in [0.15, 0.2) is 0 Å². The Kier molecular flexibility index (Phi) is 12.1. The SMILES string of the molecule is C=C1CC(CC)(OC)CCC1NC(=O)C(CC)CC(O)CCN1CC(=O)N(C(=C/C)/C(Cl)=C\C)CC1(C)C. The molecule has 2 aliphatic rings. The number of halogens is 1. The standard InChI is InChI=1S/C30H50ClN3O4/c1-9-22(28(37)32-25-13-15-30(12-4,38-8)18-21(25)5)17-23(35)14-16-33-19-27(36)34(20-29(33,6)7)26(11-3)24(31)10-2/h10-11,22-23,25,35H,5,9,12-20H2,1-4,6-8H3,(H,32,37)/b24-10+,26-11+. The van der Waals surface area contributed by atoms with Crippen molar-refractivity contribution in [3.05, 3.63) is 35.0 Å². The van der Waals surface area contributed by atoms with Crippen LogP contribution in [0.25, 0.3) is 0 Å². The van der Waals surface area contributed by atoms with Crippen LogP contribution in [0.5, 0.6) is 0 Å². The smallest absolute Gasteiger partial charge is 0.241 e. The summed E-state index contributed by atoms with van der Waals surface area (Å²) < 4.78 is 5.76. The Morgan fingerprint density at radius 1 is 1.32 bits per heavy atom. The molecular formula is C30H50ClN3O4. The van der Waals surface area contributed by atoms with Crippen LogP contribution in [0.15, 0.2) is 35.0 Å². The van der Waals surface area contributed by atoms with E-state index in [4.69, 9.17) is 16.3 Å². The number of aliphatic hydroxyl groups excluding tert-OH is 1. The van der Waals surface area contributed by atoms with Crippen LogP contribution in [-0.4, -0.2) is 76.8 Å². The first-order chi connectivity index (χ1) is 17.9. The van der Waals surface area contributed by atoms with Crippen LogP contribution in [0.1, 0.15) is 86.5 Å². The second-order valence-electron chi connectivity index (χ2n) is 11.5. The van der Waals surface area contributed by atoms with Gasteiger partial charge in [-0.2, -0.15) is 0 Å². The van der Waals surface area contributed by atoms with Crippen molar-refractivity contribution in [1.29, 1.82) is 0 Å². The van der Waals surface area contributed by atoms with Crippen molar-refractivity contribution < 1.29 is 19.4 Å². The summed E-state index contributed by atoms with van der Waals surface area (Å²) in [6.45, 7) is 17.6. The lowest BCUT2D eigenvalue weighted by molar-refractivity contribution is -0.139. The number of aliphatic hydroxyl groups is 1. The molecule has 1 heterocycles. The molecule has 0 aromatic rings. The lowest BCUT2D eigenvalue weighted by Gasteiger charge is -2.47. The van der Waals surface area contributed by atoms with Gasteiger partial charge in [0.1, 0.15) is 0 Å². The Morgan fingerprint density at radius 3 is 2.53 bits per heavy atom. The summed E-state index contributed by atoms with van der Waals surface area (Å²) in [6.07, 6.45) is 7.95. The Labute approximate surface area is 235 Å². The van der Waals surface area contributed by atoms with E-state index in [1.54, 1.807) is 18.1 Å². The summed E-state index contributed by atoms with van der Waals surface area (Å²) in [5, 5.41) is 14.6. The summed E-state index contributed by atoms with van der Waals surface area (Å²) in [5.41, 5.74) is 1.27. The number of hydrogen-bond acceptors (Lipinski definition) is 5. The van der Waals surface area contributed by atoms with E-state index in [-0.39, 0.29) is 41.5 Å². The lowest BCUT2D eigenvalue weighted by Crippen LogP contribution is -2.61. The third-order valence-electron chi connectivity index (χ3n) is 8.57. The number of methoxy groups -OCH3 is 1. The number of rotatable bonds is 12. The van der Waals surface area contributed by atoms with Crippen LogP contribution in [0, 0.1) is 5.92 Å². The molecule has 4 unspecified atom stereocenters. The molecule has 2 fully saturated rings. The number of ether oxygens (including phenoxy) is 1. The zero-order valence-corrected chi connectivity index (χ0v) is 25.4. The summed E-state index contributed by atoms with van der Waals surface area (Å²) in [6, 6.07) is -0.0512. The van der Waals surface area contributed by atoms with Gasteiger partial charge in [-0.3, -0.25) is 14.5 Å². The number of nitrogens with zero attached hydrogens (tertiary/aromatic N) is 2. The molecule has 7 nitrogen and oxygen atoms in total. The molecule has 1 aliphatic heterocycles. The highest BCUT2D eigenvalue weighted by Crippen LogP contribution is 2.36. The van der Waals surface area contributed by atoms with E-state index in [0.29, 0.717) is 37.4 Å². The number of carbonyl (C=O) groups is 2. The van der Waals surface area contributed by atoms with Gasteiger partial charge >= 0.3 is 0 Å². The molecule has 0 aromatic carbocycles. The molecule has 4 atom stereocenters. The minimum absolute atomic E-state index is 0.00833. The summed E-state index contributed by atoms with van der Waals surface area (Å²) in [4.78, 5) is 30.0. The Bertz CT molecular complexity index is 909. The van der Waals surface area contributed by atoms with E-state index in [2.05, 4.69) is 37.6 Å². The molecule has 1 saturated heterocycles. The maximum Gasteiger partial charge on any atom is 0.241 e. The van der Waals surface area contributed by atoms with Gasteiger partial charge in [-0.25, -0.2) is 0 Å². The van der Waals surface area contributed by atoms with Crippen molar-refractivity contribution >= 4 is 23.4 Å². The second-order valence-corrected chi connectivity index (χ2v) is 11.9. The molecule has 2 rings (SSSR count). The van der Waals surface area contributed by atoms with Gasteiger partial charge in [-0.15, -0.1) is 0 Å². The highest BCUT2D eigenvalue weighted by atomic mass is 35.5. The predicted octanol–water partition coefficient (Wildman–Crippen LogP) is 5.14. The molecule has 2 N–H and O–H groups in total. The minimum atomic E-state index is -0.631. The van der Waals surface area contributed by atoms with Crippen molar-refractivity contribution in [3.8, 4) is 0 Å². The molecule has 2 amide bonds. The first-order valence-electron chi connectivity index (χ1n) is 14.1. The van der Waals surface area contributed by atoms with Gasteiger partial charge in [0.25, 0.3) is 0 Å². The number of hydrogen-bond donors (Lipinski definition) is 2. The third kappa shape index (κ3) is 7.93. The number of carbonyl (C=O) groups excluding carboxylic acids is 2. The number of amides is 2. The Hall–Kier alpha value is -1.67. The molecule has 0 radical (unpaired) electrons. The number of allylic oxidation sites excluding steroid dienone is 3. The Morgan fingerprint density at radius 2 is 2.00 bits per heavy atom. The Balaban J connectivity index is 1.92. The third-order valence-corrected chi connectivity index (χ3v) is 8.98. The minimum Gasteiger partial charge on any atom is -0.393 e. The van der Waals surface area contributed by atoms with E-state index in [1.807, 2.05) is 26.8 Å². The van der Waals surface area contributed by atoms with Crippen molar-refractivity contribution in [3.63, 3.8) is 0 Å². The van der Waals surface area contributed by atoms with E-state index < -0.39 is 6.10 Å². The molecule has 1 aliphatic carbocycles. The molecular weight excluding hydrogens is 502 g/mol. The van der Waals surface area contributed by atoms with Gasteiger partial charge in [0.05, 0.1) is 29.0 Å². The fourth-order valence-electron chi connectivity index (χ4n) is 5.74. The summed E-state index contributed by atoms with van der Waals surface area (Å²) >= 11 is 6.35. The van der Waals surface area contributed by atoms with E-state index >= 15 is 0 Å². The van der Waals surface area contributed by atoms with Crippen LogP contribution in [0.4, 0.5) is 0 Å². The van der Waals surface area contributed by atoms with Crippen LogP contribution < -0.4 is 5.32 Å². The van der Waals surface area contributed by atoms with Crippen molar-refractivity contribution in [2.24, 2.45) is 5.92 Å². The second kappa shape index (κ2) is 14.1. The van der Waals surface area contributed by atoms with Crippen LogP contribution in [0.3, 0.4) is 0 Å². The normalized spacial score (nSPS) is 26.9. The van der Waals surface area contributed by atoms with Gasteiger partial charge in [0.2, 0.25) is 11.8 Å².